The van der Waals surface area contributed by atoms with E-state index < -0.39 is 11.9 Å². The molecule has 1 saturated heterocycles. The average molecular weight is 318 g/mol. The van der Waals surface area contributed by atoms with Crippen LogP contribution in [0.1, 0.15) is 46.9 Å². The van der Waals surface area contributed by atoms with Gasteiger partial charge in [0, 0.05) is 30.8 Å². The molecule has 6 nitrogen and oxygen atoms in total. The number of hydrogen-bond acceptors (Lipinski definition) is 3. The van der Waals surface area contributed by atoms with Crippen LogP contribution in [0, 0.1) is 5.92 Å². The second kappa shape index (κ2) is 7.76. The monoisotopic (exact) mass is 318 g/mol. The van der Waals surface area contributed by atoms with Crippen molar-refractivity contribution in [2.24, 2.45) is 5.92 Å². The maximum absolute atomic E-state index is 12.6. The minimum atomic E-state index is -0.866. The lowest BCUT2D eigenvalue weighted by atomic mass is 9.97. The molecule has 1 aliphatic heterocycles. The molecule has 1 aliphatic rings. The Balaban J connectivity index is 2.10. The first-order valence-electron chi connectivity index (χ1n) is 7.93. The van der Waals surface area contributed by atoms with E-state index >= 15 is 0 Å². The molecular weight excluding hydrogens is 296 g/mol. The van der Waals surface area contributed by atoms with Crippen molar-refractivity contribution in [3.8, 4) is 0 Å². The Morgan fingerprint density at radius 2 is 2.04 bits per heavy atom. The Morgan fingerprint density at radius 3 is 2.74 bits per heavy atom. The summed E-state index contributed by atoms with van der Waals surface area (Å²) < 4.78 is 0. The molecule has 2 rings (SSSR count). The molecule has 2 amide bonds. The van der Waals surface area contributed by atoms with Gasteiger partial charge in [0.25, 0.3) is 11.8 Å². The smallest absolute Gasteiger partial charge is 0.308 e. The number of benzene rings is 1. The van der Waals surface area contributed by atoms with Crippen molar-refractivity contribution in [2.45, 2.75) is 26.2 Å². The van der Waals surface area contributed by atoms with Gasteiger partial charge in [-0.15, -0.1) is 0 Å². The summed E-state index contributed by atoms with van der Waals surface area (Å²) in [6.45, 7) is 3.33. The van der Waals surface area contributed by atoms with Gasteiger partial charge in [-0.3, -0.25) is 14.4 Å². The quantitative estimate of drug-likeness (QED) is 0.866. The molecular formula is C17H22N2O4. The molecule has 1 aromatic carbocycles. The van der Waals surface area contributed by atoms with Gasteiger partial charge in [-0.25, -0.2) is 0 Å². The van der Waals surface area contributed by atoms with Crippen LogP contribution in [-0.2, 0) is 4.79 Å². The van der Waals surface area contributed by atoms with E-state index in [-0.39, 0.29) is 18.4 Å². The molecule has 0 bridgehead atoms. The van der Waals surface area contributed by atoms with E-state index in [4.69, 9.17) is 5.11 Å². The number of nitrogens with zero attached hydrogens (tertiary/aromatic N) is 1. The van der Waals surface area contributed by atoms with Gasteiger partial charge in [0.15, 0.2) is 0 Å². The van der Waals surface area contributed by atoms with Crippen LogP contribution in [0.2, 0.25) is 0 Å². The van der Waals surface area contributed by atoms with Crippen LogP contribution in [0.25, 0.3) is 0 Å². The fourth-order valence-electron chi connectivity index (χ4n) is 2.68. The van der Waals surface area contributed by atoms with E-state index in [2.05, 4.69) is 5.32 Å². The summed E-state index contributed by atoms with van der Waals surface area (Å²) in [6, 6.07) is 6.56. The summed E-state index contributed by atoms with van der Waals surface area (Å²) in [5.74, 6) is -1.80. The first kappa shape index (κ1) is 17.0. The van der Waals surface area contributed by atoms with Crippen LogP contribution in [-0.4, -0.2) is 47.4 Å². The molecule has 2 N–H and O–H groups in total. The highest BCUT2D eigenvalue weighted by molar-refractivity contribution is 5.99. The van der Waals surface area contributed by atoms with Crippen LogP contribution in [0.15, 0.2) is 24.3 Å². The second-order valence-corrected chi connectivity index (χ2v) is 5.77. The number of nitrogens with one attached hydrogen (secondary N) is 1. The number of carboxylic acids is 1. The standard InChI is InChI=1S/C17H22N2O4/c1-2-8-18-15(20)12-5-3-6-13(10-12)16(21)19-9-4-7-14(11-19)17(22)23/h3,5-6,10,14H,2,4,7-9,11H2,1H3,(H,18,20)(H,22,23). The van der Waals surface area contributed by atoms with Gasteiger partial charge >= 0.3 is 5.97 Å². The molecule has 23 heavy (non-hydrogen) atoms. The minimum Gasteiger partial charge on any atom is -0.481 e. The largest absolute Gasteiger partial charge is 0.481 e. The van der Waals surface area contributed by atoms with Crippen molar-refractivity contribution in [3.63, 3.8) is 0 Å². The van der Waals surface area contributed by atoms with E-state index in [1.54, 1.807) is 29.2 Å². The van der Waals surface area contributed by atoms with Crippen LogP contribution >= 0.6 is 0 Å². The lowest BCUT2D eigenvalue weighted by Gasteiger charge is -2.30. The Labute approximate surface area is 135 Å². The number of hydrogen-bond donors (Lipinski definition) is 2. The lowest BCUT2D eigenvalue weighted by Crippen LogP contribution is -2.42. The number of carboxylic acid groups (broad SMARTS) is 1. The number of aliphatic carboxylic acids is 1. The normalized spacial score (nSPS) is 17.6. The van der Waals surface area contributed by atoms with Gasteiger partial charge in [0.2, 0.25) is 0 Å². The first-order chi connectivity index (χ1) is 11.0. The van der Waals surface area contributed by atoms with E-state index in [0.29, 0.717) is 37.1 Å². The summed E-state index contributed by atoms with van der Waals surface area (Å²) in [4.78, 5) is 37.2. The van der Waals surface area contributed by atoms with Crippen molar-refractivity contribution >= 4 is 17.8 Å². The maximum atomic E-state index is 12.6. The molecule has 6 heteroatoms. The van der Waals surface area contributed by atoms with Crippen molar-refractivity contribution in [1.82, 2.24) is 10.2 Å². The predicted octanol–water partition coefficient (Wildman–Crippen LogP) is 1.76. The Hall–Kier alpha value is -2.37. The van der Waals surface area contributed by atoms with Gasteiger partial charge in [-0.2, -0.15) is 0 Å². The van der Waals surface area contributed by atoms with Gasteiger partial charge in [-0.1, -0.05) is 13.0 Å². The predicted molar refractivity (Wildman–Crippen MR) is 85.3 cm³/mol. The highest BCUT2D eigenvalue weighted by Gasteiger charge is 2.28. The Morgan fingerprint density at radius 1 is 1.30 bits per heavy atom. The van der Waals surface area contributed by atoms with Crippen molar-refractivity contribution in [2.75, 3.05) is 19.6 Å². The molecule has 124 valence electrons. The minimum absolute atomic E-state index is 0.205. The highest BCUT2D eigenvalue weighted by Crippen LogP contribution is 2.19. The van der Waals surface area contributed by atoms with Crippen LogP contribution in [0.3, 0.4) is 0 Å². The molecule has 1 unspecified atom stereocenters. The highest BCUT2D eigenvalue weighted by atomic mass is 16.4. The summed E-state index contributed by atoms with van der Waals surface area (Å²) in [5, 5.41) is 11.9. The third-order valence-corrected chi connectivity index (χ3v) is 3.97. The number of piperidine rings is 1. The molecule has 0 aliphatic carbocycles. The van der Waals surface area contributed by atoms with Gasteiger partial charge < -0.3 is 15.3 Å². The van der Waals surface area contributed by atoms with E-state index in [0.717, 1.165) is 6.42 Å². The van der Waals surface area contributed by atoms with E-state index in [9.17, 15) is 14.4 Å². The zero-order valence-corrected chi connectivity index (χ0v) is 13.2. The third kappa shape index (κ3) is 4.31. The second-order valence-electron chi connectivity index (χ2n) is 5.77. The molecule has 1 aromatic rings. The number of likely N-dealkylation sites (tertiary alicyclic amines) is 1. The van der Waals surface area contributed by atoms with Gasteiger partial charge in [-0.05, 0) is 37.5 Å². The van der Waals surface area contributed by atoms with Crippen LogP contribution in [0.4, 0.5) is 0 Å². The summed E-state index contributed by atoms with van der Waals surface area (Å²) >= 11 is 0. The molecule has 1 atom stereocenters. The Bertz CT molecular complexity index is 600. The molecule has 1 fully saturated rings. The zero-order valence-electron chi connectivity index (χ0n) is 13.2. The zero-order chi connectivity index (χ0) is 16.8. The van der Waals surface area contributed by atoms with Crippen molar-refractivity contribution in [3.05, 3.63) is 35.4 Å². The number of carbonyl (C=O) groups excluding carboxylic acids is 2. The summed E-state index contributed by atoms with van der Waals surface area (Å²) in [6.07, 6.45) is 2.12. The van der Waals surface area contributed by atoms with Gasteiger partial charge in [0.1, 0.15) is 0 Å². The fourth-order valence-corrected chi connectivity index (χ4v) is 2.68. The lowest BCUT2D eigenvalue weighted by molar-refractivity contribution is -0.143. The molecule has 1 heterocycles. The number of carbonyl (C=O) groups is 3. The Kier molecular flexibility index (Phi) is 5.73. The first-order valence-corrected chi connectivity index (χ1v) is 7.93. The number of amides is 2. The van der Waals surface area contributed by atoms with E-state index in [1.807, 2.05) is 6.92 Å². The molecule has 0 spiro atoms. The van der Waals surface area contributed by atoms with Crippen LogP contribution < -0.4 is 5.32 Å². The van der Waals surface area contributed by atoms with E-state index in [1.165, 1.54) is 0 Å². The third-order valence-electron chi connectivity index (χ3n) is 3.97. The molecule has 0 radical (unpaired) electrons. The topological polar surface area (TPSA) is 86.7 Å². The summed E-state index contributed by atoms with van der Waals surface area (Å²) in [7, 11) is 0. The average Bonchev–Trinajstić information content (AvgIpc) is 2.59. The van der Waals surface area contributed by atoms with Gasteiger partial charge in [0.05, 0.1) is 5.92 Å². The fraction of sp³-hybridized carbons (Fsp3) is 0.471. The molecule has 0 saturated carbocycles. The van der Waals surface area contributed by atoms with Crippen molar-refractivity contribution < 1.29 is 19.5 Å². The van der Waals surface area contributed by atoms with Crippen LogP contribution in [0.5, 0.6) is 0 Å². The SMILES string of the molecule is CCCNC(=O)c1cccc(C(=O)N2CCCC(C(=O)O)C2)c1. The molecule has 0 aromatic heterocycles. The number of rotatable bonds is 5. The maximum Gasteiger partial charge on any atom is 0.308 e. The van der Waals surface area contributed by atoms with Crippen molar-refractivity contribution in [1.29, 1.82) is 0 Å². The summed E-state index contributed by atoms with van der Waals surface area (Å²) in [5.41, 5.74) is 0.858.